The number of hydrogen-bond acceptors (Lipinski definition) is 9. The minimum atomic E-state index is -0.850. The third-order valence-electron chi connectivity index (χ3n) is 12.7. The fourth-order valence-electron chi connectivity index (χ4n) is 10.0. The average molecular weight is 673 g/mol. The summed E-state index contributed by atoms with van der Waals surface area (Å²) in [6.07, 6.45) is 13.6. The molecule has 7 atom stereocenters. The van der Waals surface area contributed by atoms with Gasteiger partial charge in [-0.2, -0.15) is 5.26 Å². The molecule has 2 saturated carbocycles. The van der Waals surface area contributed by atoms with Crippen molar-refractivity contribution < 1.29 is 19.1 Å². The smallest absolute Gasteiger partial charge is 0.246 e. The van der Waals surface area contributed by atoms with Crippen molar-refractivity contribution in [2.45, 2.75) is 133 Å². The molecule has 4 heterocycles. The van der Waals surface area contributed by atoms with E-state index in [2.05, 4.69) is 64.8 Å². The number of carbonyl (C=O) groups excluding carboxylic acids is 2. The number of nitriles is 1. The molecule has 10 nitrogen and oxygen atoms in total. The molecule has 1 spiro atoms. The number of nitrogens with zero attached hydrogens (tertiary/aromatic N) is 5. The molecule has 6 aliphatic rings. The van der Waals surface area contributed by atoms with Crippen molar-refractivity contribution in [2.75, 3.05) is 39.8 Å². The standard InChI is InChI=1S/C39H56N6O4/c1-4-33(46)44-24-23-43(25-30(44)18-21-40)37-32-17-20-39(19-16-28-12-9-11-27(2)35(28)49-39)36(47)34(32)41-38(48-26-31-15-10-22-42(31)3)45(37)29-13-7-5-6-8-14-29/h4,9,11-12,29-32,34,37-38,41H,1,5-8,10,13-20,22-26H2,2-3H3/t30?,31?,32?,34?,37?,38?,39-/m0/s1. The van der Waals surface area contributed by atoms with E-state index in [1.807, 2.05) is 4.90 Å². The van der Waals surface area contributed by atoms with Crippen LogP contribution in [0, 0.1) is 24.2 Å². The summed E-state index contributed by atoms with van der Waals surface area (Å²) in [7, 11) is 2.19. The number of hydrogen-bond donors (Lipinski definition) is 1. The van der Waals surface area contributed by atoms with Crippen LogP contribution < -0.4 is 10.1 Å². The lowest BCUT2D eigenvalue weighted by Crippen LogP contribution is -2.78. The zero-order chi connectivity index (χ0) is 34.1. The van der Waals surface area contributed by atoms with E-state index in [9.17, 15) is 10.1 Å². The molecule has 0 radical (unpaired) electrons. The highest BCUT2D eigenvalue weighted by Crippen LogP contribution is 2.47. The van der Waals surface area contributed by atoms with Crippen LogP contribution in [0.2, 0.25) is 0 Å². The number of nitrogens with one attached hydrogen (secondary N) is 1. The fourth-order valence-corrected chi connectivity index (χ4v) is 10.0. The number of benzene rings is 1. The van der Waals surface area contributed by atoms with Crippen molar-refractivity contribution >= 4 is 11.7 Å². The summed E-state index contributed by atoms with van der Waals surface area (Å²) in [5, 5.41) is 13.7. The van der Waals surface area contributed by atoms with Crippen molar-refractivity contribution in [3.8, 4) is 11.8 Å². The fraction of sp³-hybridized carbons (Fsp3) is 0.718. The molecule has 3 saturated heterocycles. The molecule has 7 rings (SSSR count). The highest BCUT2D eigenvalue weighted by molar-refractivity contribution is 5.94. The Hall–Kier alpha value is -2.81. The second-order valence-electron chi connectivity index (χ2n) is 15.6. The first-order chi connectivity index (χ1) is 23.8. The Labute approximate surface area is 292 Å². The number of amides is 1. The molecule has 1 amide bonds. The summed E-state index contributed by atoms with van der Waals surface area (Å²) in [5.41, 5.74) is 1.42. The summed E-state index contributed by atoms with van der Waals surface area (Å²) in [5.74, 6) is 0.947. The van der Waals surface area contributed by atoms with Gasteiger partial charge in [0.2, 0.25) is 5.91 Å². The van der Waals surface area contributed by atoms with Crippen molar-refractivity contribution in [2.24, 2.45) is 5.92 Å². The molecule has 6 unspecified atom stereocenters. The van der Waals surface area contributed by atoms with Crippen LogP contribution in [-0.4, -0.2) is 113 Å². The molecular formula is C39H56N6O4. The summed E-state index contributed by atoms with van der Waals surface area (Å²) < 4.78 is 13.8. The third-order valence-corrected chi connectivity index (χ3v) is 12.7. The van der Waals surface area contributed by atoms with Crippen LogP contribution in [0.3, 0.4) is 0 Å². The maximum atomic E-state index is 15.0. The van der Waals surface area contributed by atoms with Crippen LogP contribution in [0.4, 0.5) is 0 Å². The van der Waals surface area contributed by atoms with Gasteiger partial charge in [-0.15, -0.1) is 0 Å². The number of likely N-dealkylation sites (tertiary alicyclic amines) is 1. The molecule has 10 heteroatoms. The van der Waals surface area contributed by atoms with Crippen LogP contribution in [0.5, 0.6) is 5.75 Å². The van der Waals surface area contributed by atoms with Gasteiger partial charge in [0.25, 0.3) is 0 Å². The van der Waals surface area contributed by atoms with Gasteiger partial charge in [-0.1, -0.05) is 50.5 Å². The molecule has 49 heavy (non-hydrogen) atoms. The number of carbonyl (C=O) groups is 2. The Morgan fingerprint density at radius 2 is 1.92 bits per heavy atom. The minimum Gasteiger partial charge on any atom is -0.479 e. The molecule has 2 aliphatic carbocycles. The lowest BCUT2D eigenvalue weighted by molar-refractivity contribution is -0.218. The molecule has 4 aliphatic heterocycles. The minimum absolute atomic E-state index is 0.0293. The van der Waals surface area contributed by atoms with Gasteiger partial charge in [-0.05, 0) is 89.1 Å². The normalized spacial score (nSPS) is 34.9. The van der Waals surface area contributed by atoms with Crippen LogP contribution in [-0.2, 0) is 20.7 Å². The number of ether oxygens (including phenoxy) is 2. The zero-order valence-corrected chi connectivity index (χ0v) is 29.7. The SMILES string of the molecule is C=CC(=O)N1CCN(C2C3CC[C@@]4(CCc5cccc(C)c5O4)C(=O)C3NC(OCC3CCCN3C)N2C2CCCCCC2)CC1CC#N. The predicted octanol–water partition coefficient (Wildman–Crippen LogP) is 4.37. The number of aryl methyl sites for hydroxylation is 2. The summed E-state index contributed by atoms with van der Waals surface area (Å²) >= 11 is 0. The average Bonchev–Trinajstić information content (AvgIpc) is 3.34. The van der Waals surface area contributed by atoms with E-state index >= 15 is 4.79 Å². The Kier molecular flexibility index (Phi) is 10.5. The van der Waals surface area contributed by atoms with Gasteiger partial charge in [-0.25, -0.2) is 4.90 Å². The number of rotatable bonds is 7. The Morgan fingerprint density at radius 1 is 1.10 bits per heavy atom. The number of para-hydroxylation sites is 1. The van der Waals surface area contributed by atoms with E-state index in [1.165, 1.54) is 43.7 Å². The number of likely N-dealkylation sites (N-methyl/N-ethyl adjacent to an activating group) is 1. The first-order valence-corrected chi connectivity index (χ1v) is 19.0. The second kappa shape index (κ2) is 14.8. The van der Waals surface area contributed by atoms with Crippen LogP contribution in [0.1, 0.15) is 88.2 Å². The Balaban J connectivity index is 1.25. The van der Waals surface area contributed by atoms with Crippen molar-refractivity contribution in [3.63, 3.8) is 0 Å². The highest BCUT2D eigenvalue weighted by atomic mass is 16.5. The van der Waals surface area contributed by atoms with E-state index < -0.39 is 18.0 Å². The maximum Gasteiger partial charge on any atom is 0.246 e. The molecule has 1 aromatic carbocycles. The molecule has 1 N–H and O–H groups in total. The van der Waals surface area contributed by atoms with Crippen molar-refractivity contribution in [1.29, 1.82) is 5.26 Å². The lowest BCUT2D eigenvalue weighted by atomic mass is 9.68. The van der Waals surface area contributed by atoms with Crippen LogP contribution >= 0.6 is 0 Å². The largest absolute Gasteiger partial charge is 0.479 e. The maximum absolute atomic E-state index is 15.0. The van der Waals surface area contributed by atoms with Gasteiger partial charge in [0, 0.05) is 37.6 Å². The molecule has 0 bridgehead atoms. The Morgan fingerprint density at radius 3 is 2.65 bits per heavy atom. The first-order valence-electron chi connectivity index (χ1n) is 19.0. The Bertz CT molecular complexity index is 1420. The van der Waals surface area contributed by atoms with Gasteiger partial charge in [0.1, 0.15) is 5.75 Å². The van der Waals surface area contributed by atoms with Gasteiger partial charge in [0.15, 0.2) is 17.7 Å². The first kappa shape index (κ1) is 34.6. The van der Waals surface area contributed by atoms with E-state index in [0.29, 0.717) is 51.2 Å². The number of piperazine rings is 1. The second-order valence-corrected chi connectivity index (χ2v) is 15.6. The quantitative estimate of drug-likeness (QED) is 0.335. The molecule has 0 aromatic heterocycles. The summed E-state index contributed by atoms with van der Waals surface area (Å²) in [4.78, 5) is 37.3. The number of Topliss-reactive ketones (excluding diaryl/α,β-unsaturated/α-hetero) is 1. The predicted molar refractivity (Wildman–Crippen MR) is 188 cm³/mol. The van der Waals surface area contributed by atoms with E-state index in [0.717, 1.165) is 50.0 Å². The molecule has 5 fully saturated rings. The van der Waals surface area contributed by atoms with Crippen molar-refractivity contribution in [3.05, 3.63) is 42.0 Å². The molecule has 266 valence electrons. The van der Waals surface area contributed by atoms with Gasteiger partial charge >= 0.3 is 0 Å². The zero-order valence-electron chi connectivity index (χ0n) is 29.7. The summed E-state index contributed by atoms with van der Waals surface area (Å²) in [6, 6.07) is 8.67. The molecule has 1 aromatic rings. The van der Waals surface area contributed by atoms with Gasteiger partial charge < -0.3 is 19.3 Å². The number of ketones is 1. The van der Waals surface area contributed by atoms with Crippen LogP contribution in [0.15, 0.2) is 30.9 Å². The van der Waals surface area contributed by atoms with E-state index in [-0.39, 0.29) is 36.2 Å². The highest BCUT2D eigenvalue weighted by Gasteiger charge is 2.59. The van der Waals surface area contributed by atoms with Gasteiger partial charge in [-0.3, -0.25) is 19.8 Å². The van der Waals surface area contributed by atoms with E-state index in [1.54, 1.807) is 0 Å². The number of fused-ring (bicyclic) bond motifs is 2. The lowest BCUT2D eigenvalue weighted by Gasteiger charge is -2.60. The monoisotopic (exact) mass is 672 g/mol. The summed E-state index contributed by atoms with van der Waals surface area (Å²) in [6.45, 7) is 9.31. The van der Waals surface area contributed by atoms with Crippen molar-refractivity contribution in [1.82, 2.24) is 24.9 Å². The van der Waals surface area contributed by atoms with Gasteiger partial charge in [0.05, 0.1) is 37.3 Å². The third kappa shape index (κ3) is 6.70. The van der Waals surface area contributed by atoms with Crippen LogP contribution in [0.25, 0.3) is 0 Å². The molecular weight excluding hydrogens is 616 g/mol. The topological polar surface area (TPSA) is 101 Å². The van der Waals surface area contributed by atoms with E-state index in [4.69, 9.17) is 9.47 Å².